The fourth-order valence-electron chi connectivity index (χ4n) is 3.11. The van der Waals surface area contributed by atoms with Crippen molar-refractivity contribution in [1.29, 1.82) is 0 Å². The summed E-state index contributed by atoms with van der Waals surface area (Å²) in [6, 6.07) is 20.1. The second-order valence-corrected chi connectivity index (χ2v) is 9.79. The van der Waals surface area contributed by atoms with Gasteiger partial charge in [-0.1, -0.05) is 55.8 Å². The Hall–Kier alpha value is -3.65. The molecule has 8 heteroatoms. The van der Waals surface area contributed by atoms with Crippen LogP contribution >= 0.6 is 0 Å². The molecule has 0 aliphatic carbocycles. The molecule has 0 unspecified atom stereocenters. The third-order valence-electron chi connectivity index (χ3n) is 5.07. The number of amides is 1. The Morgan fingerprint density at radius 3 is 2.27 bits per heavy atom. The molecule has 0 radical (unpaired) electrons. The SMILES string of the molecule is Cc1ccc(S(=O)(=O)N(CC(=O)N/N=C\c2ccccc2O)c2ccc(C(C)C)cc2)cc1. The highest BCUT2D eigenvalue weighted by Crippen LogP contribution is 2.26. The van der Waals surface area contributed by atoms with E-state index in [0.29, 0.717) is 11.3 Å². The minimum absolute atomic E-state index is 0.0179. The van der Waals surface area contributed by atoms with Crippen molar-refractivity contribution < 1.29 is 18.3 Å². The highest BCUT2D eigenvalue weighted by atomic mass is 32.2. The molecule has 3 aromatic rings. The maximum atomic E-state index is 13.4. The number of rotatable bonds is 8. The molecule has 0 heterocycles. The van der Waals surface area contributed by atoms with Gasteiger partial charge in [0.1, 0.15) is 12.3 Å². The monoisotopic (exact) mass is 465 g/mol. The zero-order chi connectivity index (χ0) is 24.0. The zero-order valence-corrected chi connectivity index (χ0v) is 19.6. The Labute approximate surface area is 194 Å². The van der Waals surface area contributed by atoms with Crippen LogP contribution in [0.1, 0.15) is 36.5 Å². The van der Waals surface area contributed by atoms with Crippen LogP contribution in [0.5, 0.6) is 5.75 Å². The topological polar surface area (TPSA) is 99.1 Å². The summed E-state index contributed by atoms with van der Waals surface area (Å²) in [6.07, 6.45) is 1.30. The number of aromatic hydroxyl groups is 1. The lowest BCUT2D eigenvalue weighted by Gasteiger charge is -2.24. The van der Waals surface area contributed by atoms with Crippen LogP contribution in [-0.4, -0.2) is 32.2 Å². The second kappa shape index (κ2) is 10.3. The second-order valence-electron chi connectivity index (χ2n) is 7.92. The summed E-state index contributed by atoms with van der Waals surface area (Å²) < 4.78 is 27.9. The van der Waals surface area contributed by atoms with Gasteiger partial charge in [0.15, 0.2) is 0 Å². The standard InChI is InChI=1S/C25H27N3O4S/c1-18(2)20-10-12-22(13-11-20)28(33(31,32)23-14-8-19(3)9-15-23)17-25(30)27-26-16-21-6-4-5-7-24(21)29/h4-16,18,29H,17H2,1-3H3,(H,27,30)/b26-16-. The van der Waals surface area contributed by atoms with Gasteiger partial charge in [-0.05, 0) is 54.8 Å². The number of anilines is 1. The molecule has 0 atom stereocenters. The van der Waals surface area contributed by atoms with Crippen LogP contribution in [0, 0.1) is 6.92 Å². The molecular formula is C25H27N3O4S. The van der Waals surface area contributed by atoms with Crippen molar-refractivity contribution in [1.82, 2.24) is 5.43 Å². The van der Waals surface area contributed by atoms with Crippen LogP contribution < -0.4 is 9.73 Å². The first-order valence-corrected chi connectivity index (χ1v) is 11.9. The van der Waals surface area contributed by atoms with Crippen LogP contribution in [0.25, 0.3) is 0 Å². The highest BCUT2D eigenvalue weighted by molar-refractivity contribution is 7.92. The van der Waals surface area contributed by atoms with Crippen LogP contribution in [0.15, 0.2) is 82.8 Å². The van der Waals surface area contributed by atoms with Crippen LogP contribution in [0.3, 0.4) is 0 Å². The number of phenols is 1. The summed E-state index contributed by atoms with van der Waals surface area (Å²) in [4.78, 5) is 12.7. The minimum atomic E-state index is -4.00. The summed E-state index contributed by atoms with van der Waals surface area (Å²) in [6.45, 7) is 5.50. The van der Waals surface area contributed by atoms with Gasteiger partial charge in [-0.3, -0.25) is 9.10 Å². The van der Waals surface area contributed by atoms with Crippen LogP contribution in [-0.2, 0) is 14.8 Å². The number of carbonyl (C=O) groups excluding carboxylic acids is 1. The molecule has 0 saturated carbocycles. The first-order valence-electron chi connectivity index (χ1n) is 10.5. The zero-order valence-electron chi connectivity index (χ0n) is 18.8. The summed E-state index contributed by atoms with van der Waals surface area (Å²) in [5, 5.41) is 13.6. The van der Waals surface area contributed by atoms with Crippen molar-refractivity contribution in [3.8, 4) is 5.75 Å². The maximum Gasteiger partial charge on any atom is 0.264 e. The quantitative estimate of drug-likeness (QED) is 0.385. The van der Waals surface area contributed by atoms with Crippen molar-refractivity contribution in [2.45, 2.75) is 31.6 Å². The van der Waals surface area contributed by atoms with Gasteiger partial charge in [-0.2, -0.15) is 5.10 Å². The Morgan fingerprint density at radius 1 is 1.03 bits per heavy atom. The molecule has 33 heavy (non-hydrogen) atoms. The van der Waals surface area contributed by atoms with Gasteiger partial charge < -0.3 is 5.11 Å². The largest absolute Gasteiger partial charge is 0.507 e. The predicted octanol–water partition coefficient (Wildman–Crippen LogP) is 4.17. The number of sulfonamides is 1. The lowest BCUT2D eigenvalue weighted by Crippen LogP contribution is -2.39. The smallest absolute Gasteiger partial charge is 0.264 e. The number of carbonyl (C=O) groups is 1. The minimum Gasteiger partial charge on any atom is -0.507 e. The Kier molecular flexibility index (Phi) is 7.50. The van der Waals surface area contributed by atoms with Crippen LogP contribution in [0.2, 0.25) is 0 Å². The molecule has 3 aromatic carbocycles. The van der Waals surface area contributed by atoms with E-state index in [1.807, 2.05) is 32.9 Å². The Balaban J connectivity index is 1.87. The average Bonchev–Trinajstić information content (AvgIpc) is 2.79. The van der Waals surface area contributed by atoms with E-state index in [0.717, 1.165) is 15.4 Å². The first kappa shape index (κ1) is 24.0. The average molecular weight is 466 g/mol. The summed E-state index contributed by atoms with van der Waals surface area (Å²) >= 11 is 0. The van der Waals surface area contributed by atoms with Gasteiger partial charge in [0.05, 0.1) is 16.8 Å². The van der Waals surface area contributed by atoms with Gasteiger partial charge in [0.2, 0.25) is 0 Å². The fourth-order valence-corrected chi connectivity index (χ4v) is 4.54. The molecule has 1 amide bonds. The van der Waals surface area contributed by atoms with Crippen molar-refractivity contribution in [2.75, 3.05) is 10.8 Å². The number of hydrazone groups is 1. The lowest BCUT2D eigenvalue weighted by atomic mass is 10.0. The normalized spacial score (nSPS) is 11.6. The third-order valence-corrected chi connectivity index (χ3v) is 6.86. The van der Waals surface area contributed by atoms with Gasteiger partial charge in [0, 0.05) is 5.56 Å². The number of benzene rings is 3. The molecule has 0 aromatic heterocycles. The molecule has 2 N–H and O–H groups in total. The molecular weight excluding hydrogens is 438 g/mol. The molecule has 0 fully saturated rings. The van der Waals surface area contributed by atoms with Gasteiger partial charge in [-0.15, -0.1) is 0 Å². The molecule has 0 saturated heterocycles. The van der Waals surface area contributed by atoms with Crippen molar-refractivity contribution in [2.24, 2.45) is 5.10 Å². The van der Waals surface area contributed by atoms with E-state index in [9.17, 15) is 18.3 Å². The lowest BCUT2D eigenvalue weighted by molar-refractivity contribution is -0.119. The van der Waals surface area contributed by atoms with Gasteiger partial charge in [0.25, 0.3) is 15.9 Å². The Bertz CT molecular complexity index is 1240. The van der Waals surface area contributed by atoms with E-state index in [1.54, 1.807) is 42.5 Å². The number of nitrogens with one attached hydrogen (secondary N) is 1. The number of hydrogen-bond donors (Lipinski definition) is 2. The van der Waals surface area contributed by atoms with Gasteiger partial charge in [-0.25, -0.2) is 13.8 Å². The van der Waals surface area contributed by atoms with Crippen molar-refractivity contribution >= 4 is 27.8 Å². The summed E-state index contributed by atoms with van der Waals surface area (Å²) in [7, 11) is -4.00. The van der Waals surface area contributed by atoms with E-state index < -0.39 is 22.5 Å². The molecule has 7 nitrogen and oxygen atoms in total. The molecule has 0 aliphatic heterocycles. The van der Waals surface area contributed by atoms with Crippen molar-refractivity contribution in [3.63, 3.8) is 0 Å². The molecule has 3 rings (SSSR count). The van der Waals surface area contributed by atoms with E-state index in [1.165, 1.54) is 24.4 Å². The number of nitrogens with zero attached hydrogens (tertiary/aromatic N) is 2. The summed E-state index contributed by atoms with van der Waals surface area (Å²) in [5.41, 5.74) is 5.12. The predicted molar refractivity (Wildman–Crippen MR) is 130 cm³/mol. The number of para-hydroxylation sites is 1. The van der Waals surface area contributed by atoms with E-state index >= 15 is 0 Å². The van der Waals surface area contributed by atoms with Crippen molar-refractivity contribution in [3.05, 3.63) is 89.5 Å². The van der Waals surface area contributed by atoms with Crippen LogP contribution in [0.4, 0.5) is 5.69 Å². The molecule has 172 valence electrons. The maximum absolute atomic E-state index is 13.4. The Morgan fingerprint density at radius 2 is 1.67 bits per heavy atom. The number of aryl methyl sites for hydroxylation is 1. The van der Waals surface area contributed by atoms with E-state index in [4.69, 9.17) is 0 Å². The summed E-state index contributed by atoms with van der Waals surface area (Å²) in [5.74, 6) is -0.317. The first-order chi connectivity index (χ1) is 15.7. The highest BCUT2D eigenvalue weighted by Gasteiger charge is 2.27. The third kappa shape index (κ3) is 5.98. The molecule has 0 bridgehead atoms. The number of phenolic OH excluding ortho intramolecular Hbond substituents is 1. The molecule has 0 aliphatic rings. The number of hydrogen-bond acceptors (Lipinski definition) is 5. The van der Waals surface area contributed by atoms with E-state index in [-0.39, 0.29) is 16.6 Å². The molecule has 0 spiro atoms. The van der Waals surface area contributed by atoms with E-state index in [2.05, 4.69) is 10.5 Å². The van der Waals surface area contributed by atoms with Gasteiger partial charge >= 0.3 is 0 Å². The fraction of sp³-hybridized carbons (Fsp3) is 0.200.